The van der Waals surface area contributed by atoms with Crippen LogP contribution in [-0.4, -0.2) is 19.5 Å². The summed E-state index contributed by atoms with van der Waals surface area (Å²) in [5.41, 5.74) is 0. The van der Waals surface area contributed by atoms with Gasteiger partial charge in [-0.1, -0.05) is 158 Å². The Bertz CT molecular complexity index is 2930. The van der Waals surface area contributed by atoms with Crippen LogP contribution in [0, 0.1) is 0 Å². The molecular formula is C61H51F6S5Sb+2. The van der Waals surface area contributed by atoms with E-state index in [4.69, 9.17) is 0 Å². The fraction of sp³-hybridized carbons (Fsp3) is 0.0164. The number of hydrogen-bond acceptors (Lipinski definition) is 2. The maximum absolute atomic E-state index is 11.2. The molecule has 0 aliphatic carbocycles. The molecule has 10 aromatic rings. The predicted molar refractivity (Wildman–Crippen MR) is 298 cm³/mol. The molecule has 12 heteroatoms. The van der Waals surface area contributed by atoms with Crippen LogP contribution in [0.2, 0.25) is 0 Å². The second kappa shape index (κ2) is 25.1. The summed E-state index contributed by atoms with van der Waals surface area (Å²) in [6, 6.07) is 103. The molecular weight excluding hydrogens is 1130 g/mol. The maximum atomic E-state index is 9.93. The van der Waals surface area contributed by atoms with Gasteiger partial charge in [0.15, 0.2) is 44.1 Å². The first-order valence-corrected chi connectivity index (χ1v) is 33.6. The average molecular weight is 1180 g/mol. The molecule has 10 rings (SSSR count). The van der Waals surface area contributed by atoms with Crippen molar-refractivity contribution >= 4 is 75.7 Å². The molecule has 73 heavy (non-hydrogen) atoms. The van der Waals surface area contributed by atoms with E-state index in [2.05, 4.69) is 285 Å². The van der Waals surface area contributed by atoms with Crippen molar-refractivity contribution in [3.8, 4) is 0 Å². The Balaban J connectivity index is 0.000000198. The second-order valence-corrected chi connectivity index (χ2v) is 29.5. The molecule has 0 atom stereocenters. The summed E-state index contributed by atoms with van der Waals surface area (Å²) < 4.78 is 59.6. The molecule has 0 saturated carbocycles. The number of benzene rings is 10. The molecule has 10 aromatic carbocycles. The van der Waals surface area contributed by atoms with Gasteiger partial charge in [-0.25, -0.2) is 0 Å². The summed E-state index contributed by atoms with van der Waals surface area (Å²) in [5.74, 6) is 0. The van der Waals surface area contributed by atoms with E-state index in [1.807, 2.05) is 11.8 Å². The Morgan fingerprint density at radius 2 is 0.342 bits per heavy atom. The zero-order chi connectivity index (χ0) is 50.3. The van der Waals surface area contributed by atoms with Crippen molar-refractivity contribution in [2.75, 3.05) is 0 Å². The zero-order valence-corrected chi connectivity index (χ0v) is 45.0. The first kappa shape index (κ1) is 55.1. The Hall–Kier alpha value is -5.65. The van der Waals surface area contributed by atoms with Crippen molar-refractivity contribution in [1.82, 2.24) is 0 Å². The van der Waals surface area contributed by atoms with E-state index < -0.39 is 19.5 Å². The summed E-state index contributed by atoms with van der Waals surface area (Å²) in [5, 5.41) is 0. The Morgan fingerprint density at radius 3 is 0.521 bits per heavy atom. The largest absolute Gasteiger partial charge is 0.166 e. The Morgan fingerprint density at radius 1 is 0.205 bits per heavy atom. The molecule has 0 amide bonds. The van der Waals surface area contributed by atoms with Crippen LogP contribution in [0.25, 0.3) is 0 Å². The summed E-state index contributed by atoms with van der Waals surface area (Å²) in [6.45, 7) is 0. The molecule has 0 aromatic heterocycles. The van der Waals surface area contributed by atoms with Gasteiger partial charge in [-0.05, 0) is 158 Å². The molecule has 0 bridgehead atoms. The summed E-state index contributed by atoms with van der Waals surface area (Å²) >= 11 is -7.63. The molecule has 0 unspecified atom stereocenters. The quantitative estimate of drug-likeness (QED) is 0.0641. The zero-order valence-electron chi connectivity index (χ0n) is 38.4. The van der Waals surface area contributed by atoms with Crippen LogP contribution in [-0.2, 0) is 32.7 Å². The fourth-order valence-corrected chi connectivity index (χ4v) is 15.2. The molecule has 0 nitrogen and oxygen atoms in total. The minimum atomic E-state index is -11.2. The first-order valence-electron chi connectivity index (χ1n) is 22.5. The summed E-state index contributed by atoms with van der Waals surface area (Å²) in [7, 11) is -0.324. The van der Waals surface area contributed by atoms with Crippen molar-refractivity contribution in [3.63, 3.8) is 0 Å². The van der Waals surface area contributed by atoms with E-state index in [0.29, 0.717) is 0 Å². The van der Waals surface area contributed by atoms with Crippen LogP contribution < -0.4 is 0 Å². The van der Waals surface area contributed by atoms with Gasteiger partial charge in [0.05, 0.1) is 32.7 Å². The topological polar surface area (TPSA) is 0 Å². The molecule has 0 N–H and O–H groups in total. The third kappa shape index (κ3) is 17.8. The van der Waals surface area contributed by atoms with Gasteiger partial charge in [-0.3, -0.25) is 0 Å². The molecule has 0 heterocycles. The van der Waals surface area contributed by atoms with Crippen molar-refractivity contribution in [2.24, 2.45) is 0 Å². The molecule has 0 fully saturated rings. The van der Waals surface area contributed by atoms with Crippen LogP contribution in [0.4, 0.5) is 16.9 Å². The van der Waals surface area contributed by atoms with E-state index >= 15 is 0 Å². The molecule has 0 radical (unpaired) electrons. The fourth-order valence-electron chi connectivity index (χ4n) is 7.26. The maximum Gasteiger partial charge on any atom is 0.166 e. The average Bonchev–Trinajstić information content (AvgIpc) is 3.40. The second-order valence-electron chi connectivity index (χ2n) is 15.7. The SMILES string of the molecule is C.[F][Sb-]([F])([F])([F])([F])[F].c1ccc(Sc2ccc([S+](c3ccccc3)c3ccccc3)cc2)cc1.c1ccc([S+](c2ccccc2)c2ccc(Sc3ccc([S+](c4ccccc4)c4ccccc4)cc3)cc2)cc1. The van der Waals surface area contributed by atoms with Crippen LogP contribution in [0.1, 0.15) is 7.43 Å². The van der Waals surface area contributed by atoms with Crippen LogP contribution in [0.5, 0.6) is 0 Å². The molecule has 0 aliphatic rings. The number of hydrogen-bond donors (Lipinski definition) is 0. The molecule has 370 valence electrons. The standard InChI is InChI=1S/C36H28S3.C24H19S2.CH4.6FH.Sb/c1-5-13-31(14-6-1)38(32-15-7-2-8-16-32)35-25-21-29(22-26-35)37-30-23-27-36(28-24-30)39(33-17-9-3-10-18-33)34-19-11-4-12-20-34;1-4-10-20(11-5-1)25-21-16-18-24(19-17-21)26(22-12-6-2-7-13-22)23-14-8-3-9-15-23;;;;;;;;/h1-28H;1-19H;1H4;6*1H;/q+2;+1;;;;;;;;+5/p-6. The van der Waals surface area contributed by atoms with Crippen molar-refractivity contribution < 1.29 is 16.9 Å². The smallest absolute Gasteiger partial charge is 0.0901 e. The van der Waals surface area contributed by atoms with Gasteiger partial charge >= 0.3 is 36.4 Å². The van der Waals surface area contributed by atoms with E-state index in [-0.39, 0.29) is 40.1 Å². The number of rotatable bonds is 13. The Labute approximate surface area is 444 Å². The van der Waals surface area contributed by atoms with Crippen molar-refractivity contribution in [3.05, 3.63) is 285 Å². The van der Waals surface area contributed by atoms with Crippen LogP contribution in [0.3, 0.4) is 0 Å². The monoisotopic (exact) mass is 1180 g/mol. The van der Waals surface area contributed by atoms with Crippen LogP contribution in [0.15, 0.2) is 349 Å². The van der Waals surface area contributed by atoms with E-state index in [1.165, 1.54) is 63.6 Å². The normalized spacial score (nSPS) is 12.0. The molecule has 0 aliphatic heterocycles. The van der Waals surface area contributed by atoms with Gasteiger partial charge < -0.3 is 0 Å². The van der Waals surface area contributed by atoms with Gasteiger partial charge in [-0.2, -0.15) is 0 Å². The predicted octanol–water partition coefficient (Wildman–Crippen LogP) is 19.7. The molecule has 0 spiro atoms. The van der Waals surface area contributed by atoms with Crippen molar-refractivity contribution in [2.45, 2.75) is 71.1 Å². The third-order valence-electron chi connectivity index (χ3n) is 10.3. The van der Waals surface area contributed by atoms with Crippen LogP contribution >= 0.6 is 23.5 Å². The van der Waals surface area contributed by atoms with Gasteiger partial charge in [0.25, 0.3) is 0 Å². The number of halogens is 6. The minimum absolute atomic E-state index is 0. The van der Waals surface area contributed by atoms with Gasteiger partial charge in [0, 0.05) is 19.6 Å². The summed E-state index contributed by atoms with van der Waals surface area (Å²) in [4.78, 5) is 17.1. The molecule has 0 saturated heterocycles. The first-order chi connectivity index (χ1) is 34.7. The van der Waals surface area contributed by atoms with Gasteiger partial charge in [0.2, 0.25) is 0 Å². The summed E-state index contributed by atoms with van der Waals surface area (Å²) in [6.07, 6.45) is 0. The van der Waals surface area contributed by atoms with Gasteiger partial charge in [-0.15, -0.1) is 0 Å². The van der Waals surface area contributed by atoms with Gasteiger partial charge in [0.1, 0.15) is 0 Å². The van der Waals surface area contributed by atoms with Crippen molar-refractivity contribution in [1.29, 1.82) is 0 Å². The Kier molecular flexibility index (Phi) is 18.9. The van der Waals surface area contributed by atoms with E-state index in [9.17, 15) is 16.9 Å². The third-order valence-corrected chi connectivity index (χ3v) is 19.0. The van der Waals surface area contributed by atoms with E-state index in [1.54, 1.807) is 11.8 Å². The van der Waals surface area contributed by atoms with E-state index in [0.717, 1.165) is 0 Å². The minimum Gasteiger partial charge on any atom is -0.0901 e.